The molecular weight excluding hydrogens is 396 g/mol. The molecule has 0 bridgehead atoms. The van der Waals surface area contributed by atoms with Gasteiger partial charge in [0.1, 0.15) is 12.4 Å². The first-order chi connectivity index (χ1) is 15.6. The monoisotopic (exact) mass is 421 g/mol. The lowest BCUT2D eigenvalue weighted by atomic mass is 9.91. The molecule has 0 saturated carbocycles. The lowest BCUT2D eigenvalue weighted by Gasteiger charge is -2.17. The minimum absolute atomic E-state index is 0.430. The van der Waals surface area contributed by atoms with Crippen molar-refractivity contribution in [1.29, 1.82) is 0 Å². The molecule has 0 heterocycles. The molecule has 0 N–H and O–H groups in total. The molecule has 4 aromatic rings. The van der Waals surface area contributed by atoms with Gasteiger partial charge in [-0.1, -0.05) is 97.9 Å². The number of carbonyl (C=O) groups is 1. The van der Waals surface area contributed by atoms with Crippen LogP contribution in [0.25, 0.3) is 22.3 Å². The number of carbonyl (C=O) groups excluding carboxylic acids is 1. The summed E-state index contributed by atoms with van der Waals surface area (Å²) in [4.78, 5) is 11.3. The number of carboxylic acids is 1. The molecule has 0 aliphatic rings. The van der Waals surface area contributed by atoms with Gasteiger partial charge in [0, 0.05) is 11.5 Å². The van der Waals surface area contributed by atoms with E-state index in [1.165, 1.54) is 0 Å². The highest BCUT2D eigenvalue weighted by molar-refractivity contribution is 5.78. The van der Waals surface area contributed by atoms with Crippen LogP contribution in [0.15, 0.2) is 103 Å². The smallest absolute Gasteiger partial charge is 0.127 e. The number of rotatable bonds is 8. The summed E-state index contributed by atoms with van der Waals surface area (Å²) in [5.41, 5.74) is 6.26. The molecule has 4 aromatic carbocycles. The van der Waals surface area contributed by atoms with Crippen molar-refractivity contribution in [1.82, 2.24) is 0 Å². The Bertz CT molecular complexity index is 1200. The molecule has 0 aromatic heterocycles. The van der Waals surface area contributed by atoms with Crippen LogP contribution in [0.2, 0.25) is 0 Å². The normalized spacial score (nSPS) is 11.7. The third-order valence-electron chi connectivity index (χ3n) is 5.55. The zero-order valence-corrected chi connectivity index (χ0v) is 18.0. The number of hydrogen-bond acceptors (Lipinski definition) is 3. The van der Waals surface area contributed by atoms with E-state index in [4.69, 9.17) is 4.74 Å². The molecule has 0 fully saturated rings. The van der Waals surface area contributed by atoms with E-state index in [9.17, 15) is 9.90 Å². The van der Waals surface area contributed by atoms with Crippen molar-refractivity contribution in [3.8, 4) is 28.0 Å². The van der Waals surface area contributed by atoms with Gasteiger partial charge in [-0.05, 0) is 52.3 Å². The van der Waals surface area contributed by atoms with E-state index in [2.05, 4.69) is 24.3 Å². The molecule has 0 saturated heterocycles. The van der Waals surface area contributed by atoms with Crippen molar-refractivity contribution in [3.63, 3.8) is 0 Å². The Hall–Kier alpha value is -3.85. The number of benzene rings is 4. The van der Waals surface area contributed by atoms with Gasteiger partial charge in [0.15, 0.2) is 0 Å². The minimum atomic E-state index is -1.03. The Kier molecular flexibility index (Phi) is 6.66. The van der Waals surface area contributed by atoms with Crippen molar-refractivity contribution >= 4 is 5.97 Å². The second kappa shape index (κ2) is 9.97. The van der Waals surface area contributed by atoms with E-state index in [0.717, 1.165) is 39.1 Å². The Balaban J connectivity index is 1.65. The van der Waals surface area contributed by atoms with Crippen LogP contribution in [-0.4, -0.2) is 5.97 Å². The molecule has 3 nitrogen and oxygen atoms in total. The maximum atomic E-state index is 11.3. The van der Waals surface area contributed by atoms with E-state index in [1.54, 1.807) is 6.92 Å². The summed E-state index contributed by atoms with van der Waals surface area (Å²) in [5.74, 6) is -0.753. The van der Waals surface area contributed by atoms with Crippen LogP contribution in [-0.2, 0) is 17.8 Å². The first kappa shape index (κ1) is 21.4. The first-order valence-corrected chi connectivity index (χ1v) is 10.8. The molecule has 160 valence electrons. The van der Waals surface area contributed by atoms with Gasteiger partial charge in [-0.15, -0.1) is 0 Å². The fourth-order valence-electron chi connectivity index (χ4n) is 3.81. The predicted molar refractivity (Wildman–Crippen MR) is 126 cm³/mol. The third kappa shape index (κ3) is 5.06. The number of aliphatic carboxylic acids is 1. The fourth-order valence-corrected chi connectivity index (χ4v) is 3.81. The topological polar surface area (TPSA) is 49.4 Å². The van der Waals surface area contributed by atoms with Gasteiger partial charge in [-0.2, -0.15) is 0 Å². The van der Waals surface area contributed by atoms with Gasteiger partial charge in [-0.25, -0.2) is 0 Å². The van der Waals surface area contributed by atoms with Gasteiger partial charge >= 0.3 is 0 Å². The number of ether oxygens (including phenoxy) is 1. The maximum Gasteiger partial charge on any atom is 0.127 e. The fraction of sp³-hybridized carbons (Fsp3) is 0.138. The summed E-state index contributed by atoms with van der Waals surface area (Å²) in [5, 5.41) is 11.3. The molecular formula is C29H25O3-. The summed E-state index contributed by atoms with van der Waals surface area (Å²) in [6.07, 6.45) is 0.430. The average Bonchev–Trinajstić information content (AvgIpc) is 2.84. The molecule has 3 heteroatoms. The van der Waals surface area contributed by atoms with Gasteiger partial charge in [-0.3, -0.25) is 0 Å². The Morgan fingerprint density at radius 1 is 0.781 bits per heavy atom. The van der Waals surface area contributed by atoms with Crippen LogP contribution in [0.3, 0.4) is 0 Å². The second-order valence-electron chi connectivity index (χ2n) is 7.93. The highest BCUT2D eigenvalue weighted by atomic mass is 16.5. The summed E-state index contributed by atoms with van der Waals surface area (Å²) in [6, 6.07) is 34.4. The SMILES string of the molecule is CC(Cc1ccccc1-c1cccc(-c2ccccc2OCc2ccccc2)c1)C(=O)[O-]. The van der Waals surface area contributed by atoms with Crippen LogP contribution in [0.5, 0.6) is 5.75 Å². The number of carboxylic acid groups (broad SMARTS) is 1. The Morgan fingerprint density at radius 2 is 1.41 bits per heavy atom. The highest BCUT2D eigenvalue weighted by Crippen LogP contribution is 2.34. The molecule has 4 rings (SSSR count). The van der Waals surface area contributed by atoms with Crippen molar-refractivity contribution in [3.05, 3.63) is 114 Å². The van der Waals surface area contributed by atoms with Crippen molar-refractivity contribution in [2.24, 2.45) is 5.92 Å². The van der Waals surface area contributed by atoms with E-state index >= 15 is 0 Å². The zero-order valence-electron chi connectivity index (χ0n) is 18.0. The molecule has 0 amide bonds. The predicted octanol–water partition coefficient (Wildman–Crippen LogP) is 5.53. The molecule has 1 unspecified atom stereocenters. The second-order valence-corrected chi connectivity index (χ2v) is 7.93. The summed E-state index contributed by atoms with van der Waals surface area (Å²) >= 11 is 0. The molecule has 0 aliphatic carbocycles. The quantitative estimate of drug-likeness (QED) is 0.376. The van der Waals surface area contributed by atoms with Gasteiger partial charge in [0.05, 0.1) is 0 Å². The van der Waals surface area contributed by atoms with Gasteiger partial charge < -0.3 is 14.6 Å². The van der Waals surface area contributed by atoms with E-state index in [0.29, 0.717) is 13.0 Å². The number of para-hydroxylation sites is 1. The van der Waals surface area contributed by atoms with Crippen LogP contribution in [0, 0.1) is 5.92 Å². The lowest BCUT2D eigenvalue weighted by molar-refractivity contribution is -0.310. The Morgan fingerprint density at radius 3 is 2.16 bits per heavy atom. The van der Waals surface area contributed by atoms with E-state index < -0.39 is 11.9 Å². The lowest BCUT2D eigenvalue weighted by Crippen LogP contribution is -2.30. The highest BCUT2D eigenvalue weighted by Gasteiger charge is 2.12. The van der Waals surface area contributed by atoms with E-state index in [1.807, 2.05) is 78.9 Å². The summed E-state index contributed by atoms with van der Waals surface area (Å²) in [7, 11) is 0. The molecule has 0 radical (unpaired) electrons. The summed E-state index contributed by atoms with van der Waals surface area (Å²) in [6.45, 7) is 2.18. The standard InChI is InChI=1S/C29H26O3/c1-21(29(30)31)18-23-12-5-6-15-26(23)24-13-9-14-25(19-24)27-16-7-8-17-28(27)32-20-22-10-3-2-4-11-22/h2-17,19,21H,18,20H2,1H3,(H,30,31)/p-1. The Labute approximate surface area is 188 Å². The van der Waals surface area contributed by atoms with Crippen LogP contribution in [0.1, 0.15) is 18.1 Å². The van der Waals surface area contributed by atoms with Crippen molar-refractivity contribution < 1.29 is 14.6 Å². The summed E-state index contributed by atoms with van der Waals surface area (Å²) < 4.78 is 6.15. The van der Waals surface area contributed by atoms with Crippen LogP contribution >= 0.6 is 0 Å². The molecule has 32 heavy (non-hydrogen) atoms. The number of hydrogen-bond donors (Lipinski definition) is 0. The average molecular weight is 422 g/mol. The van der Waals surface area contributed by atoms with Gasteiger partial charge in [0.2, 0.25) is 0 Å². The first-order valence-electron chi connectivity index (χ1n) is 10.8. The maximum absolute atomic E-state index is 11.3. The van der Waals surface area contributed by atoms with Crippen molar-refractivity contribution in [2.45, 2.75) is 20.0 Å². The third-order valence-corrected chi connectivity index (χ3v) is 5.55. The van der Waals surface area contributed by atoms with Gasteiger partial charge in [0.25, 0.3) is 0 Å². The molecule has 0 spiro atoms. The largest absolute Gasteiger partial charge is 0.550 e. The van der Waals surface area contributed by atoms with Crippen molar-refractivity contribution in [2.75, 3.05) is 0 Å². The zero-order chi connectivity index (χ0) is 22.3. The molecule has 1 atom stereocenters. The minimum Gasteiger partial charge on any atom is -0.550 e. The van der Waals surface area contributed by atoms with Crippen LogP contribution in [0.4, 0.5) is 0 Å². The molecule has 0 aliphatic heterocycles. The van der Waals surface area contributed by atoms with E-state index in [-0.39, 0.29) is 0 Å². The van der Waals surface area contributed by atoms with Crippen LogP contribution < -0.4 is 9.84 Å².